The minimum Gasteiger partial charge on any atom is -0.376 e. The Bertz CT molecular complexity index is 877. The number of thioether (sulfide) groups is 1. The van der Waals surface area contributed by atoms with Gasteiger partial charge in [0.25, 0.3) is 5.56 Å². The number of ether oxygens (including phenoxy) is 1. The number of hydrogen-bond acceptors (Lipinski definition) is 5. The first-order valence-electron chi connectivity index (χ1n) is 10.6. The Morgan fingerprint density at radius 2 is 2.21 bits per heavy atom. The van der Waals surface area contributed by atoms with Crippen molar-refractivity contribution in [1.82, 2.24) is 14.9 Å². The third-order valence-corrected chi connectivity index (χ3v) is 6.19. The van der Waals surface area contributed by atoms with Crippen LogP contribution in [0.15, 0.2) is 34.2 Å². The molecule has 0 bridgehead atoms. The highest BCUT2D eigenvalue weighted by atomic mass is 32.2. The van der Waals surface area contributed by atoms with E-state index in [1.807, 2.05) is 25.1 Å². The molecule has 158 valence electrons. The van der Waals surface area contributed by atoms with Gasteiger partial charge in [-0.2, -0.15) is 0 Å². The van der Waals surface area contributed by atoms with Crippen LogP contribution in [0, 0.1) is 0 Å². The number of amides is 1. The molecule has 0 unspecified atom stereocenters. The third-order valence-electron chi connectivity index (χ3n) is 5.22. The summed E-state index contributed by atoms with van der Waals surface area (Å²) in [5.41, 5.74) is 0.596. The van der Waals surface area contributed by atoms with Crippen molar-refractivity contribution in [3.8, 4) is 0 Å². The zero-order valence-corrected chi connectivity index (χ0v) is 18.2. The summed E-state index contributed by atoms with van der Waals surface area (Å²) in [5, 5.41) is 4.24. The fourth-order valence-electron chi connectivity index (χ4n) is 3.63. The molecular formula is C22H31N3O3S. The summed E-state index contributed by atoms with van der Waals surface area (Å²) in [6, 6.07) is 7.52. The predicted molar refractivity (Wildman–Crippen MR) is 117 cm³/mol. The molecule has 1 N–H and O–H groups in total. The maximum atomic E-state index is 13.1. The SMILES string of the molecule is CCCCC[C@@H](C)NC(=O)CSc1nc2ccccc2c(=O)n1C[C@H]1CCCO1. The van der Waals surface area contributed by atoms with E-state index in [2.05, 4.69) is 17.2 Å². The zero-order valence-electron chi connectivity index (χ0n) is 17.4. The predicted octanol–water partition coefficient (Wildman–Crippen LogP) is 3.75. The molecular weight excluding hydrogens is 386 g/mol. The van der Waals surface area contributed by atoms with Gasteiger partial charge in [0, 0.05) is 12.6 Å². The van der Waals surface area contributed by atoms with Crippen molar-refractivity contribution in [2.24, 2.45) is 0 Å². The number of aromatic nitrogens is 2. The molecule has 0 spiro atoms. The Kier molecular flexibility index (Phi) is 8.12. The molecule has 2 aromatic rings. The lowest BCUT2D eigenvalue weighted by molar-refractivity contribution is -0.119. The summed E-state index contributed by atoms with van der Waals surface area (Å²) in [5.74, 6) is 0.221. The van der Waals surface area contributed by atoms with Crippen LogP contribution in [0.1, 0.15) is 52.4 Å². The fourth-order valence-corrected chi connectivity index (χ4v) is 4.45. The van der Waals surface area contributed by atoms with Crippen LogP contribution >= 0.6 is 11.8 Å². The van der Waals surface area contributed by atoms with Gasteiger partial charge in [0.1, 0.15) is 0 Å². The van der Waals surface area contributed by atoms with E-state index in [4.69, 9.17) is 4.74 Å². The molecule has 2 atom stereocenters. The number of rotatable bonds is 10. The summed E-state index contributed by atoms with van der Waals surface area (Å²) in [6.07, 6.45) is 6.46. The van der Waals surface area contributed by atoms with Crippen LogP contribution in [0.5, 0.6) is 0 Å². The third kappa shape index (κ3) is 6.06. The average molecular weight is 418 g/mol. The van der Waals surface area contributed by atoms with E-state index in [-0.39, 0.29) is 29.4 Å². The molecule has 1 aromatic carbocycles. The standard InChI is InChI=1S/C22H31N3O3S/c1-3-4-5-9-16(2)23-20(26)15-29-22-24-19-12-7-6-11-18(19)21(27)25(22)14-17-10-8-13-28-17/h6-7,11-12,16-17H,3-5,8-10,13-15H2,1-2H3,(H,23,26)/t16-,17-/m1/s1. The Morgan fingerprint density at radius 1 is 1.38 bits per heavy atom. The first-order valence-corrected chi connectivity index (χ1v) is 11.6. The van der Waals surface area contributed by atoms with E-state index in [0.717, 1.165) is 32.3 Å². The van der Waals surface area contributed by atoms with Gasteiger partial charge in [0.15, 0.2) is 5.16 Å². The number of nitrogens with one attached hydrogen (secondary N) is 1. The molecule has 1 amide bonds. The molecule has 6 nitrogen and oxygen atoms in total. The molecule has 3 rings (SSSR count). The zero-order chi connectivity index (χ0) is 20.6. The number of unbranched alkanes of at least 4 members (excludes halogenated alkanes) is 2. The van der Waals surface area contributed by atoms with Gasteiger partial charge in [-0.25, -0.2) is 4.98 Å². The topological polar surface area (TPSA) is 73.2 Å². The van der Waals surface area contributed by atoms with Gasteiger partial charge in [-0.15, -0.1) is 0 Å². The van der Waals surface area contributed by atoms with E-state index in [9.17, 15) is 9.59 Å². The first kappa shape index (κ1) is 21.8. The lowest BCUT2D eigenvalue weighted by Gasteiger charge is -2.17. The van der Waals surface area contributed by atoms with Crippen molar-refractivity contribution in [3.05, 3.63) is 34.6 Å². The van der Waals surface area contributed by atoms with Crippen LogP contribution in [0.3, 0.4) is 0 Å². The van der Waals surface area contributed by atoms with Gasteiger partial charge in [-0.3, -0.25) is 14.2 Å². The Labute approximate surface area is 176 Å². The number of carbonyl (C=O) groups is 1. The van der Waals surface area contributed by atoms with Gasteiger partial charge in [0.2, 0.25) is 5.91 Å². The summed E-state index contributed by atoms with van der Waals surface area (Å²) in [7, 11) is 0. The van der Waals surface area contributed by atoms with Crippen LogP contribution in [0.25, 0.3) is 10.9 Å². The van der Waals surface area contributed by atoms with Crippen molar-refractivity contribution in [1.29, 1.82) is 0 Å². The molecule has 0 saturated carbocycles. The van der Waals surface area contributed by atoms with E-state index < -0.39 is 0 Å². The van der Waals surface area contributed by atoms with Crippen LogP contribution in [0.2, 0.25) is 0 Å². The molecule has 1 aromatic heterocycles. The first-order chi connectivity index (χ1) is 14.1. The smallest absolute Gasteiger partial charge is 0.262 e. The number of carbonyl (C=O) groups excluding carboxylic acids is 1. The maximum Gasteiger partial charge on any atom is 0.262 e. The van der Waals surface area contributed by atoms with Crippen molar-refractivity contribution in [3.63, 3.8) is 0 Å². The fraction of sp³-hybridized carbons (Fsp3) is 0.591. The molecule has 2 heterocycles. The van der Waals surface area contributed by atoms with Gasteiger partial charge < -0.3 is 10.1 Å². The second kappa shape index (κ2) is 10.8. The highest BCUT2D eigenvalue weighted by molar-refractivity contribution is 7.99. The highest BCUT2D eigenvalue weighted by Gasteiger charge is 2.20. The van der Waals surface area contributed by atoms with E-state index in [1.54, 1.807) is 10.6 Å². The molecule has 1 saturated heterocycles. The van der Waals surface area contributed by atoms with Crippen molar-refractivity contribution < 1.29 is 9.53 Å². The second-order valence-corrected chi connectivity index (χ2v) is 8.66. The van der Waals surface area contributed by atoms with Crippen molar-refractivity contribution in [2.75, 3.05) is 12.4 Å². The minimum absolute atomic E-state index is 0.0231. The van der Waals surface area contributed by atoms with Gasteiger partial charge in [-0.05, 0) is 38.3 Å². The van der Waals surface area contributed by atoms with Gasteiger partial charge in [0.05, 0.1) is 29.3 Å². The Morgan fingerprint density at radius 3 is 2.97 bits per heavy atom. The Balaban J connectivity index is 1.71. The summed E-state index contributed by atoms with van der Waals surface area (Å²) in [4.78, 5) is 30.1. The molecule has 1 aliphatic rings. The van der Waals surface area contributed by atoms with E-state index in [1.165, 1.54) is 24.6 Å². The minimum atomic E-state index is -0.0676. The number of hydrogen-bond donors (Lipinski definition) is 1. The number of fused-ring (bicyclic) bond motifs is 1. The maximum absolute atomic E-state index is 13.1. The van der Waals surface area contributed by atoms with Gasteiger partial charge >= 0.3 is 0 Å². The number of benzene rings is 1. The van der Waals surface area contributed by atoms with E-state index >= 15 is 0 Å². The van der Waals surface area contributed by atoms with Crippen molar-refractivity contribution in [2.45, 2.75) is 76.2 Å². The second-order valence-electron chi connectivity index (χ2n) is 7.72. The molecule has 0 aliphatic carbocycles. The highest BCUT2D eigenvalue weighted by Crippen LogP contribution is 2.21. The lowest BCUT2D eigenvalue weighted by atomic mass is 10.1. The number of para-hydroxylation sites is 1. The van der Waals surface area contributed by atoms with Crippen molar-refractivity contribution >= 4 is 28.6 Å². The summed E-state index contributed by atoms with van der Waals surface area (Å²) < 4.78 is 7.41. The largest absolute Gasteiger partial charge is 0.376 e. The molecule has 1 aliphatic heterocycles. The average Bonchev–Trinajstić information content (AvgIpc) is 3.22. The van der Waals surface area contributed by atoms with Crippen LogP contribution in [-0.2, 0) is 16.1 Å². The van der Waals surface area contributed by atoms with Crippen LogP contribution in [0.4, 0.5) is 0 Å². The molecule has 0 radical (unpaired) electrons. The van der Waals surface area contributed by atoms with E-state index in [0.29, 0.717) is 22.6 Å². The van der Waals surface area contributed by atoms with Crippen LogP contribution < -0.4 is 10.9 Å². The monoisotopic (exact) mass is 417 g/mol. The van der Waals surface area contributed by atoms with Gasteiger partial charge in [-0.1, -0.05) is 50.1 Å². The summed E-state index contributed by atoms with van der Waals surface area (Å²) >= 11 is 1.32. The quantitative estimate of drug-likeness (QED) is 0.362. The molecule has 29 heavy (non-hydrogen) atoms. The molecule has 1 fully saturated rings. The Hall–Kier alpha value is -1.86. The number of nitrogens with zero attached hydrogens (tertiary/aromatic N) is 2. The normalized spacial score (nSPS) is 17.5. The molecule has 7 heteroatoms. The summed E-state index contributed by atoms with van der Waals surface area (Å²) in [6.45, 7) is 5.43. The lowest BCUT2D eigenvalue weighted by Crippen LogP contribution is -2.34. The van der Waals surface area contributed by atoms with Crippen LogP contribution in [-0.4, -0.2) is 40.0 Å².